The average Bonchev–Trinajstić information content (AvgIpc) is 3.22. The van der Waals surface area contributed by atoms with Crippen LogP contribution < -0.4 is 10.2 Å². The van der Waals surface area contributed by atoms with Gasteiger partial charge in [0.15, 0.2) is 11.4 Å². The lowest BCUT2D eigenvalue weighted by molar-refractivity contribution is -0.121. The number of pyridine rings is 1. The zero-order valence-corrected chi connectivity index (χ0v) is 16.9. The highest BCUT2D eigenvalue weighted by atomic mass is 16.3. The number of nitrogens with one attached hydrogen (secondary N) is 1. The molecule has 1 N–H and O–H groups in total. The topological polar surface area (TPSA) is 61.6 Å². The molecule has 1 saturated heterocycles. The van der Waals surface area contributed by atoms with Gasteiger partial charge in [0, 0.05) is 50.2 Å². The molecule has 1 amide bonds. The summed E-state index contributed by atoms with van der Waals surface area (Å²) in [6.45, 7) is 7.28. The molecule has 2 fully saturated rings. The summed E-state index contributed by atoms with van der Waals surface area (Å²) < 4.78 is 5.65. The Morgan fingerprint density at radius 1 is 1.18 bits per heavy atom. The van der Waals surface area contributed by atoms with Crippen LogP contribution in [0.5, 0.6) is 0 Å². The monoisotopic (exact) mass is 384 g/mol. The Balaban J connectivity index is 1.19. The molecule has 2 aromatic rings. The van der Waals surface area contributed by atoms with Crippen molar-refractivity contribution in [1.82, 2.24) is 15.2 Å². The highest BCUT2D eigenvalue weighted by Gasteiger charge is 2.24. The Labute approximate surface area is 167 Å². The van der Waals surface area contributed by atoms with Gasteiger partial charge >= 0.3 is 0 Å². The number of carbonyl (C=O) groups excluding carboxylic acids is 1. The summed E-state index contributed by atoms with van der Waals surface area (Å²) >= 11 is 0. The van der Waals surface area contributed by atoms with E-state index in [2.05, 4.69) is 20.1 Å². The summed E-state index contributed by atoms with van der Waals surface area (Å²) in [5, 5.41) is 4.28. The molecule has 6 nitrogen and oxygen atoms in total. The van der Waals surface area contributed by atoms with Gasteiger partial charge in [0.1, 0.15) is 0 Å². The zero-order valence-electron chi connectivity index (χ0n) is 16.9. The lowest BCUT2D eigenvalue weighted by Crippen LogP contribution is -2.47. The minimum atomic E-state index is 0.195. The van der Waals surface area contributed by atoms with Crippen LogP contribution >= 0.6 is 0 Å². The molecular weight excluding hydrogens is 352 g/mol. The van der Waals surface area contributed by atoms with Gasteiger partial charge in [0.25, 0.3) is 0 Å². The third kappa shape index (κ3) is 4.49. The van der Waals surface area contributed by atoms with Gasteiger partial charge in [-0.25, -0.2) is 4.98 Å². The molecule has 152 valence electrons. The van der Waals surface area contributed by atoms with E-state index in [4.69, 9.17) is 4.42 Å². The Kier molecular flexibility index (Phi) is 6.15. The first kappa shape index (κ1) is 19.2. The van der Waals surface area contributed by atoms with Crippen LogP contribution in [0.3, 0.4) is 0 Å². The van der Waals surface area contributed by atoms with Crippen molar-refractivity contribution in [2.24, 2.45) is 5.92 Å². The average molecular weight is 385 g/mol. The van der Waals surface area contributed by atoms with Crippen LogP contribution in [0.4, 0.5) is 5.82 Å². The van der Waals surface area contributed by atoms with Crippen molar-refractivity contribution in [1.29, 1.82) is 0 Å². The summed E-state index contributed by atoms with van der Waals surface area (Å²) in [7, 11) is 0. The fraction of sp³-hybridized carbons (Fsp3) is 0.636. The minimum Gasteiger partial charge on any atom is -0.460 e. The molecule has 4 rings (SSSR count). The molecule has 2 aliphatic rings. The van der Waals surface area contributed by atoms with Crippen LogP contribution in [0.25, 0.3) is 11.0 Å². The third-order valence-electron chi connectivity index (χ3n) is 6.41. The number of anilines is 1. The Morgan fingerprint density at radius 2 is 1.96 bits per heavy atom. The SMILES string of the molecule is CCC(=O)N[C@H]1CC[C@H](CCN2CCN(c3nccc4ccoc34)CC2)CC1. The number of nitrogens with zero attached hydrogens (tertiary/aromatic N) is 3. The Morgan fingerprint density at radius 3 is 2.71 bits per heavy atom. The number of aromatic nitrogens is 1. The van der Waals surface area contributed by atoms with Crippen molar-refractivity contribution in [3.05, 3.63) is 24.6 Å². The summed E-state index contributed by atoms with van der Waals surface area (Å²) in [6.07, 6.45) is 10.3. The highest BCUT2D eigenvalue weighted by Crippen LogP contribution is 2.28. The molecule has 0 unspecified atom stereocenters. The van der Waals surface area contributed by atoms with Gasteiger partial charge in [-0.2, -0.15) is 0 Å². The second kappa shape index (κ2) is 8.95. The van der Waals surface area contributed by atoms with Crippen LogP contribution in [0.2, 0.25) is 0 Å². The van der Waals surface area contributed by atoms with Gasteiger partial charge in [0.2, 0.25) is 5.91 Å². The largest absolute Gasteiger partial charge is 0.460 e. The first-order chi connectivity index (χ1) is 13.7. The van der Waals surface area contributed by atoms with E-state index in [-0.39, 0.29) is 5.91 Å². The number of hydrogen-bond acceptors (Lipinski definition) is 5. The first-order valence-electron chi connectivity index (χ1n) is 10.8. The molecule has 0 atom stereocenters. The van der Waals surface area contributed by atoms with E-state index in [0.717, 1.165) is 61.7 Å². The van der Waals surface area contributed by atoms with E-state index in [1.807, 2.05) is 25.3 Å². The van der Waals surface area contributed by atoms with E-state index in [0.29, 0.717) is 12.5 Å². The van der Waals surface area contributed by atoms with Crippen LogP contribution in [-0.2, 0) is 4.79 Å². The molecule has 6 heteroatoms. The highest BCUT2D eigenvalue weighted by molar-refractivity contribution is 5.87. The fourth-order valence-electron chi connectivity index (χ4n) is 4.58. The van der Waals surface area contributed by atoms with Gasteiger partial charge in [-0.15, -0.1) is 0 Å². The van der Waals surface area contributed by atoms with Crippen LogP contribution in [0.15, 0.2) is 29.0 Å². The fourth-order valence-corrected chi connectivity index (χ4v) is 4.58. The maximum absolute atomic E-state index is 11.5. The molecule has 1 aliphatic carbocycles. The molecule has 3 heterocycles. The Bertz CT molecular complexity index is 774. The van der Waals surface area contributed by atoms with Gasteiger partial charge in [0.05, 0.1) is 6.26 Å². The number of rotatable bonds is 6. The number of carbonyl (C=O) groups is 1. The predicted octanol–water partition coefficient (Wildman–Crippen LogP) is 3.42. The van der Waals surface area contributed by atoms with Crippen molar-refractivity contribution in [2.45, 2.75) is 51.5 Å². The van der Waals surface area contributed by atoms with Crippen molar-refractivity contribution in [3.8, 4) is 0 Å². The van der Waals surface area contributed by atoms with E-state index in [1.54, 1.807) is 6.26 Å². The number of fused-ring (bicyclic) bond motifs is 1. The van der Waals surface area contributed by atoms with Crippen molar-refractivity contribution >= 4 is 22.7 Å². The number of amides is 1. The molecule has 0 radical (unpaired) electrons. The van der Waals surface area contributed by atoms with Gasteiger partial charge in [-0.1, -0.05) is 6.92 Å². The van der Waals surface area contributed by atoms with Crippen molar-refractivity contribution < 1.29 is 9.21 Å². The normalized spacial score (nSPS) is 23.8. The van der Waals surface area contributed by atoms with Gasteiger partial charge < -0.3 is 14.6 Å². The summed E-state index contributed by atoms with van der Waals surface area (Å²) in [5.41, 5.74) is 0.905. The zero-order chi connectivity index (χ0) is 19.3. The second-order valence-electron chi connectivity index (χ2n) is 8.23. The smallest absolute Gasteiger partial charge is 0.219 e. The molecule has 2 aromatic heterocycles. The molecule has 0 aromatic carbocycles. The summed E-state index contributed by atoms with van der Waals surface area (Å²) in [6, 6.07) is 4.41. The molecule has 28 heavy (non-hydrogen) atoms. The standard InChI is InChI=1S/C22H32N4O2/c1-2-20(27)24-19-5-3-17(4-6-19)8-11-25-12-14-26(15-13-25)22-21-18(7-10-23-22)9-16-28-21/h7,9-10,16-17,19H,2-6,8,11-15H2,1H3,(H,24,27)/t17-,19-. The minimum absolute atomic E-state index is 0.195. The summed E-state index contributed by atoms with van der Waals surface area (Å²) in [4.78, 5) is 21.1. The third-order valence-corrected chi connectivity index (χ3v) is 6.41. The quantitative estimate of drug-likeness (QED) is 0.827. The lowest BCUT2D eigenvalue weighted by atomic mass is 9.84. The second-order valence-corrected chi connectivity index (χ2v) is 8.23. The molecule has 1 saturated carbocycles. The Hall–Kier alpha value is -2.08. The van der Waals surface area contributed by atoms with E-state index in [1.165, 1.54) is 25.8 Å². The predicted molar refractivity (Wildman–Crippen MR) is 111 cm³/mol. The number of furan rings is 1. The summed E-state index contributed by atoms with van der Waals surface area (Å²) in [5.74, 6) is 1.99. The maximum atomic E-state index is 11.5. The van der Waals surface area contributed by atoms with Gasteiger partial charge in [-0.05, 0) is 56.7 Å². The van der Waals surface area contributed by atoms with Gasteiger partial charge in [-0.3, -0.25) is 9.69 Å². The molecular formula is C22H32N4O2. The maximum Gasteiger partial charge on any atom is 0.219 e. The number of hydrogen-bond donors (Lipinski definition) is 1. The van der Waals surface area contributed by atoms with Crippen molar-refractivity contribution in [3.63, 3.8) is 0 Å². The van der Waals surface area contributed by atoms with Crippen LogP contribution in [-0.4, -0.2) is 54.6 Å². The van der Waals surface area contributed by atoms with E-state index >= 15 is 0 Å². The van der Waals surface area contributed by atoms with Crippen LogP contribution in [0, 0.1) is 5.92 Å². The molecule has 0 bridgehead atoms. The first-order valence-corrected chi connectivity index (χ1v) is 10.8. The molecule has 1 aliphatic heterocycles. The van der Waals surface area contributed by atoms with Crippen molar-refractivity contribution in [2.75, 3.05) is 37.6 Å². The molecule has 0 spiro atoms. The van der Waals surface area contributed by atoms with E-state index in [9.17, 15) is 4.79 Å². The van der Waals surface area contributed by atoms with Crippen LogP contribution in [0.1, 0.15) is 45.4 Å². The van der Waals surface area contributed by atoms with E-state index < -0.39 is 0 Å². The number of piperazine rings is 1. The lowest BCUT2D eigenvalue weighted by Gasteiger charge is -2.36.